The van der Waals surface area contributed by atoms with Crippen LogP contribution in [-0.2, 0) is 21.2 Å². The van der Waals surface area contributed by atoms with E-state index in [-0.39, 0.29) is 17.3 Å². The molecule has 0 heterocycles. The van der Waals surface area contributed by atoms with Crippen molar-refractivity contribution in [3.05, 3.63) is 29.3 Å². The first-order valence-electron chi connectivity index (χ1n) is 4.84. The third-order valence-electron chi connectivity index (χ3n) is 2.15. The number of carbonyl (C=O) groups excluding carboxylic acids is 1. The monoisotopic (exact) mass is 241 g/mol. The Bertz CT molecular complexity index is 506. The number of carbonyl (C=O) groups is 1. The summed E-state index contributed by atoms with van der Waals surface area (Å²) in [5, 5.41) is 2.59. The highest BCUT2D eigenvalue weighted by Gasteiger charge is 2.13. The summed E-state index contributed by atoms with van der Waals surface area (Å²) in [4.78, 5) is 11.1. The van der Waals surface area contributed by atoms with E-state index in [2.05, 4.69) is 5.32 Å². The first-order valence-corrected chi connectivity index (χ1v) is 6.74. The van der Waals surface area contributed by atoms with E-state index >= 15 is 0 Å². The van der Waals surface area contributed by atoms with Gasteiger partial charge in [0.1, 0.15) is 0 Å². The van der Waals surface area contributed by atoms with Gasteiger partial charge < -0.3 is 5.32 Å². The number of hydrogen-bond acceptors (Lipinski definition) is 3. The Morgan fingerprint density at radius 3 is 2.50 bits per heavy atom. The fraction of sp³-hybridized carbons (Fsp3) is 0.364. The highest BCUT2D eigenvalue weighted by molar-refractivity contribution is 7.90. The van der Waals surface area contributed by atoms with E-state index in [1.165, 1.54) is 13.2 Å². The molecule has 0 aliphatic carbocycles. The van der Waals surface area contributed by atoms with Crippen LogP contribution >= 0.6 is 0 Å². The Balaban J connectivity index is 3.13. The Labute approximate surface area is 95.6 Å². The third-order valence-corrected chi connectivity index (χ3v) is 3.33. The highest BCUT2D eigenvalue weighted by atomic mass is 32.2. The molecule has 0 aliphatic heterocycles. The largest absolute Gasteiger partial charge is 0.352 e. The second-order valence-corrected chi connectivity index (χ2v) is 5.78. The van der Waals surface area contributed by atoms with Crippen LogP contribution in [-0.4, -0.2) is 20.6 Å². The summed E-state index contributed by atoms with van der Waals surface area (Å²) in [5.41, 5.74) is 1.50. The maximum absolute atomic E-state index is 11.5. The van der Waals surface area contributed by atoms with Gasteiger partial charge in [-0.2, -0.15) is 0 Å². The van der Waals surface area contributed by atoms with Gasteiger partial charge in [-0.1, -0.05) is 12.1 Å². The van der Waals surface area contributed by atoms with Crippen LogP contribution in [0.4, 0.5) is 0 Å². The van der Waals surface area contributed by atoms with E-state index in [1.807, 2.05) is 13.0 Å². The zero-order valence-corrected chi connectivity index (χ0v) is 10.4. The van der Waals surface area contributed by atoms with Crippen LogP contribution in [0.5, 0.6) is 0 Å². The van der Waals surface area contributed by atoms with Crippen molar-refractivity contribution in [2.45, 2.75) is 25.3 Å². The molecule has 5 heteroatoms. The summed E-state index contributed by atoms with van der Waals surface area (Å²) in [7, 11) is -3.26. The van der Waals surface area contributed by atoms with Gasteiger partial charge >= 0.3 is 0 Å². The predicted octanol–water partition coefficient (Wildman–Crippen LogP) is 1.03. The molecule has 0 saturated carbocycles. The van der Waals surface area contributed by atoms with E-state index in [4.69, 9.17) is 0 Å². The first-order chi connectivity index (χ1) is 7.30. The zero-order valence-electron chi connectivity index (χ0n) is 9.57. The van der Waals surface area contributed by atoms with Crippen molar-refractivity contribution < 1.29 is 13.2 Å². The van der Waals surface area contributed by atoms with Gasteiger partial charge in [0.2, 0.25) is 5.91 Å². The lowest BCUT2D eigenvalue weighted by Gasteiger charge is -2.09. The van der Waals surface area contributed by atoms with Crippen LogP contribution < -0.4 is 5.32 Å². The number of sulfone groups is 1. The molecule has 0 spiro atoms. The summed E-state index contributed by atoms with van der Waals surface area (Å²) >= 11 is 0. The number of aryl methyl sites for hydroxylation is 1. The van der Waals surface area contributed by atoms with Crippen LogP contribution in [0.1, 0.15) is 18.1 Å². The molecule has 0 radical (unpaired) electrons. The highest BCUT2D eigenvalue weighted by Crippen LogP contribution is 2.17. The smallest absolute Gasteiger partial charge is 0.217 e. The molecule has 0 unspecified atom stereocenters. The van der Waals surface area contributed by atoms with Crippen molar-refractivity contribution in [2.24, 2.45) is 0 Å². The minimum Gasteiger partial charge on any atom is -0.352 e. The minimum atomic E-state index is -3.26. The fourth-order valence-corrected chi connectivity index (χ4v) is 2.39. The number of hydrogen-bond donors (Lipinski definition) is 1. The summed E-state index contributed by atoms with van der Waals surface area (Å²) in [6.45, 7) is 3.46. The maximum atomic E-state index is 11.5. The van der Waals surface area contributed by atoms with E-state index in [1.54, 1.807) is 12.1 Å². The Hall–Kier alpha value is -1.36. The van der Waals surface area contributed by atoms with Gasteiger partial charge in [-0.25, -0.2) is 8.42 Å². The molecule has 0 aliphatic rings. The van der Waals surface area contributed by atoms with Gasteiger partial charge in [-0.05, 0) is 24.1 Å². The normalized spacial score (nSPS) is 11.2. The molecule has 0 atom stereocenters. The van der Waals surface area contributed by atoms with E-state index in [0.29, 0.717) is 5.56 Å². The molecule has 1 rings (SSSR count). The number of amides is 1. The molecule has 1 amide bonds. The minimum absolute atomic E-state index is 0.181. The Morgan fingerprint density at radius 2 is 2.00 bits per heavy atom. The topological polar surface area (TPSA) is 63.2 Å². The molecule has 88 valence electrons. The van der Waals surface area contributed by atoms with Crippen molar-refractivity contribution in [3.63, 3.8) is 0 Å². The first kappa shape index (κ1) is 12.7. The van der Waals surface area contributed by atoms with Crippen LogP contribution in [0.3, 0.4) is 0 Å². The standard InChI is InChI=1S/C11H15NO3S/c1-8-4-5-10(7-12-9(2)13)11(6-8)16(3,14)15/h4-6H,7H2,1-3H3,(H,12,13). The molecule has 0 saturated heterocycles. The zero-order chi connectivity index (χ0) is 12.3. The molecule has 1 aromatic rings. The number of nitrogens with one attached hydrogen (secondary N) is 1. The molecular formula is C11H15NO3S. The quantitative estimate of drug-likeness (QED) is 0.859. The van der Waals surface area contributed by atoms with Crippen LogP contribution in [0, 0.1) is 6.92 Å². The maximum Gasteiger partial charge on any atom is 0.217 e. The second-order valence-electron chi connectivity index (χ2n) is 3.79. The second kappa shape index (κ2) is 4.65. The van der Waals surface area contributed by atoms with Crippen molar-refractivity contribution in [2.75, 3.05) is 6.26 Å². The summed E-state index contributed by atoms with van der Waals surface area (Å²) < 4.78 is 23.1. The Morgan fingerprint density at radius 1 is 1.38 bits per heavy atom. The predicted molar refractivity (Wildman–Crippen MR) is 61.8 cm³/mol. The number of rotatable bonds is 3. The molecule has 1 aromatic carbocycles. The molecule has 0 fully saturated rings. The van der Waals surface area contributed by atoms with Crippen molar-refractivity contribution in [3.8, 4) is 0 Å². The van der Waals surface area contributed by atoms with E-state index < -0.39 is 9.84 Å². The van der Waals surface area contributed by atoms with Crippen LogP contribution in [0.2, 0.25) is 0 Å². The Kier molecular flexibility index (Phi) is 3.70. The van der Waals surface area contributed by atoms with E-state index in [0.717, 1.165) is 5.56 Å². The van der Waals surface area contributed by atoms with Gasteiger partial charge in [0.05, 0.1) is 4.90 Å². The molecule has 16 heavy (non-hydrogen) atoms. The van der Waals surface area contributed by atoms with Crippen molar-refractivity contribution >= 4 is 15.7 Å². The van der Waals surface area contributed by atoms with Crippen LogP contribution in [0.15, 0.2) is 23.1 Å². The van der Waals surface area contributed by atoms with Gasteiger partial charge in [0, 0.05) is 19.7 Å². The summed E-state index contributed by atoms with van der Waals surface area (Å²) in [6, 6.07) is 5.17. The van der Waals surface area contributed by atoms with Gasteiger partial charge in [-0.15, -0.1) is 0 Å². The molecule has 4 nitrogen and oxygen atoms in total. The fourth-order valence-electron chi connectivity index (χ4n) is 1.37. The molecule has 0 aromatic heterocycles. The molecule has 0 bridgehead atoms. The molecular weight excluding hydrogens is 226 g/mol. The lowest BCUT2D eigenvalue weighted by atomic mass is 10.1. The SMILES string of the molecule is CC(=O)NCc1ccc(C)cc1S(C)(=O)=O. The lowest BCUT2D eigenvalue weighted by Crippen LogP contribution is -2.20. The third kappa shape index (κ3) is 3.34. The van der Waals surface area contributed by atoms with Crippen molar-refractivity contribution in [1.82, 2.24) is 5.32 Å². The van der Waals surface area contributed by atoms with Gasteiger partial charge in [0.25, 0.3) is 0 Å². The average molecular weight is 241 g/mol. The van der Waals surface area contributed by atoms with Crippen LogP contribution in [0.25, 0.3) is 0 Å². The molecule has 1 N–H and O–H groups in total. The number of benzene rings is 1. The summed E-state index contributed by atoms with van der Waals surface area (Å²) in [6.07, 6.45) is 1.17. The average Bonchev–Trinajstić information content (AvgIpc) is 2.14. The van der Waals surface area contributed by atoms with Crippen molar-refractivity contribution in [1.29, 1.82) is 0 Å². The van der Waals surface area contributed by atoms with Gasteiger partial charge in [0.15, 0.2) is 9.84 Å². The van der Waals surface area contributed by atoms with E-state index in [9.17, 15) is 13.2 Å². The summed E-state index contributed by atoms with van der Waals surface area (Å²) in [5.74, 6) is -0.181. The lowest BCUT2D eigenvalue weighted by molar-refractivity contribution is -0.119. The van der Waals surface area contributed by atoms with Gasteiger partial charge in [-0.3, -0.25) is 4.79 Å².